The van der Waals surface area contributed by atoms with Crippen molar-refractivity contribution in [1.82, 2.24) is 0 Å². The van der Waals surface area contributed by atoms with Crippen LogP contribution in [0.2, 0.25) is 5.02 Å². The molecule has 2 aromatic carbocycles. The number of benzene rings is 2. The molecule has 0 radical (unpaired) electrons. The quantitative estimate of drug-likeness (QED) is 0.871. The third-order valence-electron chi connectivity index (χ3n) is 3.73. The molecule has 0 saturated carbocycles. The fraction of sp³-hybridized carbons (Fsp3) is 0.235. The Hall–Kier alpha value is -1.80. The first kappa shape index (κ1) is 13.2. The first-order valence-electron chi connectivity index (χ1n) is 6.83. The molecule has 1 aliphatic rings. The summed E-state index contributed by atoms with van der Waals surface area (Å²) in [6, 6.07) is 11.6. The van der Waals surface area contributed by atoms with Crippen molar-refractivity contribution in [3.63, 3.8) is 0 Å². The Bertz CT molecular complexity index is 679. The van der Waals surface area contributed by atoms with Crippen molar-refractivity contribution >= 4 is 23.2 Å². The van der Waals surface area contributed by atoms with Crippen LogP contribution in [0.3, 0.4) is 0 Å². The Balaban J connectivity index is 1.82. The van der Waals surface area contributed by atoms with Gasteiger partial charge in [0.2, 0.25) is 0 Å². The Morgan fingerprint density at radius 3 is 2.70 bits per heavy atom. The van der Waals surface area contributed by atoms with E-state index in [-0.39, 0.29) is 5.91 Å². The van der Waals surface area contributed by atoms with Crippen LogP contribution in [0, 0.1) is 6.92 Å². The molecule has 0 aromatic heterocycles. The summed E-state index contributed by atoms with van der Waals surface area (Å²) >= 11 is 6.14. The topological polar surface area (TPSA) is 29.1 Å². The minimum Gasteiger partial charge on any atom is -0.321 e. The predicted octanol–water partition coefficient (Wildman–Crippen LogP) is 4.39. The van der Waals surface area contributed by atoms with E-state index in [1.807, 2.05) is 37.3 Å². The highest BCUT2D eigenvalue weighted by Gasteiger charge is 2.14. The molecule has 0 unspecified atom stereocenters. The number of hydrogen-bond acceptors (Lipinski definition) is 1. The van der Waals surface area contributed by atoms with Gasteiger partial charge in [-0.15, -0.1) is 0 Å². The molecule has 3 heteroatoms. The first-order chi connectivity index (χ1) is 9.63. The van der Waals surface area contributed by atoms with E-state index in [9.17, 15) is 4.79 Å². The van der Waals surface area contributed by atoms with Gasteiger partial charge in [-0.25, -0.2) is 0 Å². The maximum Gasteiger partial charge on any atom is 0.255 e. The zero-order chi connectivity index (χ0) is 14.1. The normalized spacial score (nSPS) is 13.1. The molecule has 3 rings (SSSR count). The lowest BCUT2D eigenvalue weighted by molar-refractivity contribution is 0.102. The largest absolute Gasteiger partial charge is 0.321 e. The second kappa shape index (κ2) is 5.29. The maximum atomic E-state index is 12.3. The molecule has 2 aromatic rings. The molecule has 0 spiro atoms. The van der Waals surface area contributed by atoms with Crippen molar-refractivity contribution in [3.05, 3.63) is 63.7 Å². The van der Waals surface area contributed by atoms with E-state index in [1.54, 1.807) is 0 Å². The number of carbonyl (C=O) groups excluding carboxylic acids is 1. The van der Waals surface area contributed by atoms with Gasteiger partial charge < -0.3 is 5.32 Å². The Kier molecular flexibility index (Phi) is 3.49. The number of halogens is 1. The molecule has 0 saturated heterocycles. The summed E-state index contributed by atoms with van der Waals surface area (Å²) in [5.41, 5.74) is 5.10. The Labute approximate surface area is 123 Å². The average Bonchev–Trinajstić information content (AvgIpc) is 2.89. The fourth-order valence-corrected chi connectivity index (χ4v) is 2.91. The van der Waals surface area contributed by atoms with Gasteiger partial charge in [0.15, 0.2) is 0 Å². The van der Waals surface area contributed by atoms with Crippen LogP contribution in [0.4, 0.5) is 5.69 Å². The first-order valence-corrected chi connectivity index (χ1v) is 7.20. The summed E-state index contributed by atoms with van der Waals surface area (Å²) in [6.07, 6.45) is 3.38. The molecule has 0 bridgehead atoms. The lowest BCUT2D eigenvalue weighted by atomic mass is 10.1. The number of fused-ring (bicyclic) bond motifs is 1. The van der Waals surface area contributed by atoms with Gasteiger partial charge in [-0.2, -0.15) is 0 Å². The number of rotatable bonds is 2. The molecule has 20 heavy (non-hydrogen) atoms. The van der Waals surface area contributed by atoms with E-state index < -0.39 is 0 Å². The summed E-state index contributed by atoms with van der Waals surface area (Å²) in [6.45, 7) is 1.97. The third-order valence-corrected chi connectivity index (χ3v) is 4.05. The van der Waals surface area contributed by atoms with E-state index in [0.717, 1.165) is 18.4 Å². The number of aryl methyl sites for hydroxylation is 3. The average molecular weight is 286 g/mol. The van der Waals surface area contributed by atoms with E-state index >= 15 is 0 Å². The van der Waals surface area contributed by atoms with E-state index in [4.69, 9.17) is 11.6 Å². The molecular weight excluding hydrogens is 270 g/mol. The molecule has 1 N–H and O–H groups in total. The molecule has 0 aliphatic heterocycles. The van der Waals surface area contributed by atoms with Gasteiger partial charge >= 0.3 is 0 Å². The summed E-state index contributed by atoms with van der Waals surface area (Å²) in [7, 11) is 0. The number of anilines is 1. The van der Waals surface area contributed by atoms with E-state index in [2.05, 4.69) is 11.4 Å². The lowest BCUT2D eigenvalue weighted by Crippen LogP contribution is -2.12. The summed E-state index contributed by atoms with van der Waals surface area (Å²) < 4.78 is 0. The van der Waals surface area contributed by atoms with Crippen molar-refractivity contribution < 1.29 is 4.79 Å². The Morgan fingerprint density at radius 2 is 1.90 bits per heavy atom. The SMILES string of the molecule is Cc1ccc(NC(=O)c2ccc3c(c2)CCC3)c(Cl)c1. The van der Waals surface area contributed by atoms with Crippen molar-refractivity contribution in [3.8, 4) is 0 Å². The van der Waals surface area contributed by atoms with Gasteiger partial charge in [0.25, 0.3) is 5.91 Å². The smallest absolute Gasteiger partial charge is 0.255 e. The highest BCUT2D eigenvalue weighted by atomic mass is 35.5. The number of amides is 1. The van der Waals surface area contributed by atoms with Crippen LogP contribution < -0.4 is 5.32 Å². The van der Waals surface area contributed by atoms with Gasteiger partial charge in [0.05, 0.1) is 10.7 Å². The minimum absolute atomic E-state index is 0.106. The van der Waals surface area contributed by atoms with E-state index in [1.165, 1.54) is 17.5 Å². The molecule has 0 heterocycles. The van der Waals surface area contributed by atoms with Crippen LogP contribution in [-0.2, 0) is 12.8 Å². The second-order valence-corrected chi connectivity index (χ2v) is 5.68. The molecule has 1 aliphatic carbocycles. The van der Waals surface area contributed by atoms with Gasteiger partial charge in [-0.3, -0.25) is 4.79 Å². The molecule has 0 atom stereocenters. The lowest BCUT2D eigenvalue weighted by Gasteiger charge is -2.09. The van der Waals surface area contributed by atoms with Crippen LogP contribution >= 0.6 is 11.6 Å². The van der Waals surface area contributed by atoms with Gasteiger partial charge in [-0.1, -0.05) is 23.7 Å². The van der Waals surface area contributed by atoms with Crippen molar-refractivity contribution in [2.24, 2.45) is 0 Å². The predicted molar refractivity (Wildman–Crippen MR) is 82.6 cm³/mol. The van der Waals surface area contributed by atoms with Gasteiger partial charge in [0, 0.05) is 5.56 Å². The molecule has 102 valence electrons. The molecule has 1 amide bonds. The maximum absolute atomic E-state index is 12.3. The highest BCUT2D eigenvalue weighted by molar-refractivity contribution is 6.34. The highest BCUT2D eigenvalue weighted by Crippen LogP contribution is 2.25. The molecule has 2 nitrogen and oxygen atoms in total. The number of hydrogen-bond donors (Lipinski definition) is 1. The summed E-state index contributed by atoms with van der Waals surface area (Å²) in [5, 5.41) is 3.44. The second-order valence-electron chi connectivity index (χ2n) is 5.27. The summed E-state index contributed by atoms with van der Waals surface area (Å²) in [5.74, 6) is -0.106. The van der Waals surface area contributed by atoms with Crippen LogP contribution in [0.5, 0.6) is 0 Å². The monoisotopic (exact) mass is 285 g/mol. The van der Waals surface area contributed by atoms with Crippen LogP contribution in [-0.4, -0.2) is 5.91 Å². The third kappa shape index (κ3) is 2.56. The number of carbonyl (C=O) groups is 1. The van der Waals surface area contributed by atoms with Gasteiger partial charge in [-0.05, 0) is 67.1 Å². The van der Waals surface area contributed by atoms with Crippen molar-refractivity contribution in [2.45, 2.75) is 26.2 Å². The Morgan fingerprint density at radius 1 is 1.10 bits per heavy atom. The van der Waals surface area contributed by atoms with Crippen LogP contribution in [0.15, 0.2) is 36.4 Å². The zero-order valence-corrected chi connectivity index (χ0v) is 12.1. The molecule has 0 fully saturated rings. The number of nitrogens with one attached hydrogen (secondary N) is 1. The standard InChI is InChI=1S/C17H16ClNO/c1-11-5-8-16(15(18)9-11)19-17(20)14-7-6-12-3-2-4-13(12)10-14/h5-10H,2-4H2,1H3,(H,19,20). The van der Waals surface area contributed by atoms with Crippen LogP contribution in [0.1, 0.15) is 33.5 Å². The van der Waals surface area contributed by atoms with Crippen molar-refractivity contribution in [1.29, 1.82) is 0 Å². The molecular formula is C17H16ClNO. The van der Waals surface area contributed by atoms with Gasteiger partial charge in [0.1, 0.15) is 0 Å². The fourth-order valence-electron chi connectivity index (χ4n) is 2.63. The zero-order valence-electron chi connectivity index (χ0n) is 11.4. The van der Waals surface area contributed by atoms with E-state index in [0.29, 0.717) is 16.3 Å². The minimum atomic E-state index is -0.106. The van der Waals surface area contributed by atoms with Crippen LogP contribution in [0.25, 0.3) is 0 Å². The summed E-state index contributed by atoms with van der Waals surface area (Å²) in [4.78, 5) is 12.3. The van der Waals surface area contributed by atoms with Crippen molar-refractivity contribution in [2.75, 3.05) is 5.32 Å².